The molecule has 0 spiro atoms. The number of methoxy groups -OCH3 is 4. The first-order valence-electron chi connectivity index (χ1n) is 37.7. The monoisotopic (exact) mass is 1450 g/mol. The number of nitrogens with zero attached hydrogens (tertiary/aromatic N) is 5. The van der Waals surface area contributed by atoms with E-state index in [0.29, 0.717) is 96.0 Å². The largest absolute Gasteiger partial charge is 0.394 e. The van der Waals surface area contributed by atoms with Gasteiger partial charge in [0.15, 0.2) is 0 Å². The summed E-state index contributed by atoms with van der Waals surface area (Å²) in [7, 11) is 11.1. The van der Waals surface area contributed by atoms with Gasteiger partial charge in [-0.3, -0.25) is 43.3 Å². The van der Waals surface area contributed by atoms with Gasteiger partial charge in [0.25, 0.3) is 0 Å². The minimum atomic E-state index is -1.20. The first kappa shape index (κ1) is 85.7. The molecule has 0 bridgehead atoms. The van der Waals surface area contributed by atoms with Crippen molar-refractivity contribution < 1.29 is 77.7 Å². The lowest BCUT2D eigenvalue weighted by Gasteiger charge is -2.43. The van der Waals surface area contributed by atoms with E-state index in [-0.39, 0.29) is 55.4 Å². The zero-order valence-corrected chi connectivity index (χ0v) is 64.2. The lowest BCUT2D eigenvalue weighted by atomic mass is 9.82. The van der Waals surface area contributed by atoms with Crippen molar-refractivity contribution >= 4 is 47.3 Å². The molecule has 103 heavy (non-hydrogen) atoms. The molecule has 5 unspecified atom stereocenters. The number of amides is 8. The molecule has 8 amide bonds. The minimum Gasteiger partial charge on any atom is -0.394 e. The Kier molecular flexibility index (Phi) is 34.2. The van der Waals surface area contributed by atoms with Crippen molar-refractivity contribution in [2.75, 3.05) is 82.4 Å². The Labute approximate surface area is 612 Å². The van der Waals surface area contributed by atoms with Crippen LogP contribution in [0.5, 0.6) is 0 Å². The van der Waals surface area contributed by atoms with Crippen molar-refractivity contribution in [2.45, 2.75) is 249 Å². The number of carbonyl (C=O) groups excluding carboxylic acids is 8. The highest BCUT2D eigenvalue weighted by molar-refractivity contribution is 5.92. The van der Waals surface area contributed by atoms with Gasteiger partial charge in [0.2, 0.25) is 47.3 Å². The van der Waals surface area contributed by atoms with Gasteiger partial charge in [-0.25, -0.2) is 0 Å². The molecule has 4 aliphatic heterocycles. The summed E-state index contributed by atoms with van der Waals surface area (Å²) in [5, 5.41) is 58.5. The summed E-state index contributed by atoms with van der Waals surface area (Å²) in [4.78, 5) is 126. The highest BCUT2D eigenvalue weighted by atomic mass is 16.5. The molecule has 26 nitrogen and oxygen atoms in total. The van der Waals surface area contributed by atoms with Crippen LogP contribution in [-0.4, -0.2) is 272 Å². The van der Waals surface area contributed by atoms with Crippen molar-refractivity contribution in [2.24, 2.45) is 35.5 Å². The predicted molar refractivity (Wildman–Crippen MR) is 391 cm³/mol. The van der Waals surface area contributed by atoms with Crippen molar-refractivity contribution in [3.63, 3.8) is 0 Å². The smallest absolute Gasteiger partial charge is 0.245 e. The molecule has 0 aliphatic carbocycles. The normalized spacial score (nSPS) is 24.0. The van der Waals surface area contributed by atoms with E-state index in [4.69, 9.17) is 18.9 Å². The molecular formula is C77H126N10O16. The second-order valence-electron chi connectivity index (χ2n) is 30.0. The Bertz CT molecular complexity index is 3000. The third-order valence-corrected chi connectivity index (χ3v) is 22.9. The van der Waals surface area contributed by atoms with Crippen LogP contribution < -0.4 is 26.6 Å². The summed E-state index contributed by atoms with van der Waals surface area (Å²) in [5.74, 6) is -6.46. The number of likely N-dealkylation sites (N-methyl/N-ethyl adjacent to an activating group) is 3. The van der Waals surface area contributed by atoms with Crippen LogP contribution >= 0.6 is 0 Å². The van der Waals surface area contributed by atoms with Gasteiger partial charge in [-0.05, 0) is 113 Å². The molecule has 4 saturated heterocycles. The second-order valence-corrected chi connectivity index (χ2v) is 30.0. The molecule has 4 fully saturated rings. The molecule has 26 heteroatoms. The van der Waals surface area contributed by atoms with Crippen molar-refractivity contribution in [1.29, 1.82) is 0 Å². The number of nitrogens with one attached hydrogen (secondary N) is 5. The molecule has 6 rings (SSSR count). The van der Waals surface area contributed by atoms with E-state index < -0.39 is 156 Å². The highest BCUT2D eigenvalue weighted by Gasteiger charge is 2.48. The van der Waals surface area contributed by atoms with E-state index >= 15 is 14.4 Å². The van der Waals surface area contributed by atoms with Crippen LogP contribution in [0.4, 0.5) is 0 Å². The Morgan fingerprint density at radius 1 is 0.602 bits per heavy atom. The molecule has 0 aromatic heterocycles. The maximum absolute atomic E-state index is 15.8. The summed E-state index contributed by atoms with van der Waals surface area (Å²) < 4.78 is 24.8. The standard InChI is InChI=1S/C77H126N10O16/c1-17-46(5)66(59(100-13)42-61(91)86-38-25-31-55(86)70(102-15)48(7)72(94)79-50(9)69(93)53-29-23-20-24-30-53)84(11)77(99)64(82-74(96)65-57(89)35-37-78-65)47(6)33-34-52(18-2)67(85(12)76(98)63(45(3)4)81-75(97)68-58(90)36-40-83(68)10)60(101-14)43-62(92)87-39-26-32-56(87)71(103-16)49(8)73(95)80-54(44-88)41-51-27-21-19-22-28-51/h19-24,27-30,45-50,52,54-60,63-71,78,88-90,93H,17-18,25-26,31-44H2,1-16H3,(H,79,94)(H,80,95)(H,81,97)(H,82,96)/t46-,47?,48+,49+,50+,52+,54-,55-,56-,57?,58?,59+,60+,63-,64-,65?,66-,67-,68?,69+,70+,71+/m0/s1. The summed E-state index contributed by atoms with van der Waals surface area (Å²) in [5.41, 5.74) is 1.60. The summed E-state index contributed by atoms with van der Waals surface area (Å²) in [6.45, 7) is 18.0. The zero-order valence-electron chi connectivity index (χ0n) is 64.2. The number of ether oxygens (including phenoxy) is 4. The van der Waals surface area contributed by atoms with Crippen LogP contribution in [0.15, 0.2) is 60.7 Å². The van der Waals surface area contributed by atoms with Gasteiger partial charge in [0, 0.05) is 62.2 Å². The average Bonchev–Trinajstić information content (AvgIpc) is 1.77. The number of aliphatic hydroxyl groups excluding tert-OH is 4. The van der Waals surface area contributed by atoms with Crippen LogP contribution in [0.2, 0.25) is 0 Å². The van der Waals surface area contributed by atoms with Crippen molar-refractivity contribution in [3.8, 4) is 0 Å². The van der Waals surface area contributed by atoms with Gasteiger partial charge in [-0.15, -0.1) is 0 Å². The fourth-order valence-electron chi connectivity index (χ4n) is 16.4. The topological polar surface area (TPSA) is 331 Å². The Balaban J connectivity index is 1.28. The Morgan fingerprint density at radius 2 is 1.12 bits per heavy atom. The minimum absolute atomic E-state index is 0.138. The van der Waals surface area contributed by atoms with Crippen LogP contribution in [0.1, 0.15) is 157 Å². The number of likely N-dealkylation sites (tertiary alicyclic amines) is 3. The van der Waals surface area contributed by atoms with Gasteiger partial charge in [-0.2, -0.15) is 0 Å². The average molecular weight is 1450 g/mol. The lowest BCUT2D eigenvalue weighted by Crippen LogP contribution is -2.60. The maximum atomic E-state index is 15.8. The van der Waals surface area contributed by atoms with Gasteiger partial charge >= 0.3 is 0 Å². The zero-order chi connectivity index (χ0) is 76.1. The number of benzene rings is 2. The predicted octanol–water partition coefficient (Wildman–Crippen LogP) is 3.59. The first-order chi connectivity index (χ1) is 49.0. The van der Waals surface area contributed by atoms with E-state index in [9.17, 15) is 44.4 Å². The molecule has 2 aromatic rings. The summed E-state index contributed by atoms with van der Waals surface area (Å²) in [6, 6.07) is 10.7. The van der Waals surface area contributed by atoms with Gasteiger partial charge in [0.1, 0.15) is 24.2 Å². The Morgan fingerprint density at radius 3 is 1.59 bits per heavy atom. The number of hydrogen-bond acceptors (Lipinski definition) is 18. The van der Waals surface area contributed by atoms with E-state index in [1.807, 2.05) is 90.1 Å². The highest BCUT2D eigenvalue weighted by Crippen LogP contribution is 2.35. The lowest BCUT2D eigenvalue weighted by molar-refractivity contribution is -0.148. The van der Waals surface area contributed by atoms with E-state index in [1.54, 1.807) is 78.5 Å². The van der Waals surface area contributed by atoms with Crippen LogP contribution in [0.25, 0.3) is 0 Å². The maximum Gasteiger partial charge on any atom is 0.245 e. The molecular weight excluding hydrogens is 1320 g/mol. The second kappa shape index (κ2) is 41.1. The molecule has 9 N–H and O–H groups in total. The van der Waals surface area contributed by atoms with Gasteiger partial charge in [0.05, 0.1) is 110 Å². The molecule has 0 saturated carbocycles. The van der Waals surface area contributed by atoms with Crippen LogP contribution in [0, 0.1) is 35.5 Å². The third-order valence-electron chi connectivity index (χ3n) is 22.9. The molecule has 4 aliphatic rings. The van der Waals surface area contributed by atoms with E-state index in [1.165, 1.54) is 28.4 Å². The number of carbonyl (C=O) groups is 8. The molecule has 22 atom stereocenters. The third kappa shape index (κ3) is 22.0. The molecule has 0 radical (unpaired) electrons. The first-order valence-corrected chi connectivity index (χ1v) is 37.7. The number of rotatable bonds is 40. The fourth-order valence-corrected chi connectivity index (χ4v) is 16.4. The molecule has 580 valence electrons. The van der Waals surface area contributed by atoms with Crippen LogP contribution in [-0.2, 0) is 63.7 Å². The quantitative estimate of drug-likeness (QED) is 0.0460. The Hall–Kier alpha value is -6.20. The summed E-state index contributed by atoms with van der Waals surface area (Å²) in [6.07, 6.45) is -1.44. The van der Waals surface area contributed by atoms with Crippen molar-refractivity contribution in [1.82, 2.24) is 51.1 Å². The van der Waals surface area contributed by atoms with Gasteiger partial charge < -0.3 is 85.6 Å². The molecule has 2 aromatic carbocycles. The number of hydrogen-bond donors (Lipinski definition) is 9. The van der Waals surface area contributed by atoms with E-state index in [2.05, 4.69) is 26.6 Å². The summed E-state index contributed by atoms with van der Waals surface area (Å²) >= 11 is 0. The van der Waals surface area contributed by atoms with Crippen LogP contribution in [0.3, 0.4) is 0 Å². The van der Waals surface area contributed by atoms with E-state index in [0.717, 1.165) is 5.56 Å². The SMILES string of the molecule is CC[C@H](CCC(C)[C@H](NC(=O)C1NCCC1O)C(=O)N(C)[C@@H]([C@@H](C)CC)[C@@H](CC(=O)N1CCC[C@H]1[C@H](OC)[C@@H](C)C(=O)N[C@H](C)[C@@H](O)c1ccccc1)OC)[C@@H]([C@@H](CC(=O)N1CCC[C@H]1[C@H](OC)[C@@H](C)C(=O)N[C@H](CO)Cc1ccccc1)OC)N(C)C(=O)[C@@H](NC(=O)C1C(O)CCN1C)C(C)C. The fraction of sp³-hybridized carbons (Fsp3) is 0.740. The molecule has 4 heterocycles. The number of aliphatic hydroxyl groups is 4. The van der Waals surface area contributed by atoms with Crippen molar-refractivity contribution in [3.05, 3.63) is 71.8 Å². The van der Waals surface area contributed by atoms with Gasteiger partial charge in [-0.1, -0.05) is 129 Å².